The second kappa shape index (κ2) is 5.26. The lowest BCUT2D eigenvalue weighted by Gasteiger charge is -2.16. The second-order valence-electron chi connectivity index (χ2n) is 4.62. The molecule has 2 nitrogen and oxygen atoms in total. The second-order valence-corrected chi connectivity index (χ2v) is 4.62. The number of carbonyl (C=O) groups excluding carboxylic acids is 1. The molecule has 0 spiro atoms. The van der Waals surface area contributed by atoms with Gasteiger partial charge in [0.2, 0.25) is 0 Å². The Labute approximate surface area is 97.1 Å². The van der Waals surface area contributed by atoms with Crippen LogP contribution in [0.2, 0.25) is 0 Å². The van der Waals surface area contributed by atoms with Crippen molar-refractivity contribution in [2.24, 2.45) is 0 Å². The molecule has 86 valence electrons. The van der Waals surface area contributed by atoms with Crippen LogP contribution in [0.3, 0.4) is 0 Å². The molecule has 0 heterocycles. The summed E-state index contributed by atoms with van der Waals surface area (Å²) < 4.78 is 0. The summed E-state index contributed by atoms with van der Waals surface area (Å²) >= 11 is 0. The van der Waals surface area contributed by atoms with Gasteiger partial charge in [-0.1, -0.05) is 18.2 Å². The fourth-order valence-corrected chi connectivity index (χ4v) is 2.28. The van der Waals surface area contributed by atoms with Crippen LogP contribution in [0.25, 0.3) is 0 Å². The van der Waals surface area contributed by atoms with Crippen LogP contribution in [0.15, 0.2) is 18.2 Å². The van der Waals surface area contributed by atoms with E-state index in [0.717, 1.165) is 6.54 Å². The van der Waals surface area contributed by atoms with Gasteiger partial charge in [-0.25, -0.2) is 0 Å². The first-order valence-corrected chi connectivity index (χ1v) is 6.06. The number of aryl methyl sites for hydroxylation is 2. The zero-order valence-electron chi connectivity index (χ0n) is 9.88. The number of fused-ring (bicyclic) bond motifs is 1. The highest BCUT2D eigenvalue weighted by Gasteiger charge is 2.09. The molecular formula is C14H19NO. The van der Waals surface area contributed by atoms with Crippen molar-refractivity contribution in [3.05, 3.63) is 34.9 Å². The van der Waals surface area contributed by atoms with E-state index in [1.165, 1.54) is 42.4 Å². The molecular weight excluding hydrogens is 198 g/mol. The summed E-state index contributed by atoms with van der Waals surface area (Å²) in [5.41, 5.74) is 4.32. The van der Waals surface area contributed by atoms with Gasteiger partial charge < -0.3 is 5.32 Å². The lowest BCUT2D eigenvalue weighted by molar-refractivity contribution is -0.116. The molecule has 0 bridgehead atoms. The molecule has 0 unspecified atom stereocenters. The Bertz CT molecular complexity index is 384. The smallest absolute Gasteiger partial charge is 0.143 e. The Kier molecular flexibility index (Phi) is 3.73. The third-order valence-electron chi connectivity index (χ3n) is 3.12. The fourth-order valence-electron chi connectivity index (χ4n) is 2.28. The van der Waals surface area contributed by atoms with E-state index in [0.29, 0.717) is 6.54 Å². The first kappa shape index (κ1) is 11.3. The molecule has 0 fully saturated rings. The number of rotatable bonds is 4. The number of benzene rings is 1. The highest BCUT2D eigenvalue weighted by molar-refractivity contribution is 5.77. The van der Waals surface area contributed by atoms with E-state index in [2.05, 4.69) is 23.5 Å². The van der Waals surface area contributed by atoms with Crippen molar-refractivity contribution in [1.29, 1.82) is 0 Å². The average molecular weight is 217 g/mol. The van der Waals surface area contributed by atoms with E-state index >= 15 is 0 Å². The molecule has 0 radical (unpaired) electrons. The van der Waals surface area contributed by atoms with E-state index in [-0.39, 0.29) is 5.78 Å². The quantitative estimate of drug-likeness (QED) is 0.838. The van der Waals surface area contributed by atoms with E-state index in [4.69, 9.17) is 0 Å². The van der Waals surface area contributed by atoms with Crippen molar-refractivity contribution in [3.63, 3.8) is 0 Å². The maximum absolute atomic E-state index is 10.8. The molecule has 1 aliphatic carbocycles. The summed E-state index contributed by atoms with van der Waals surface area (Å²) in [6, 6.07) is 6.72. The fraction of sp³-hybridized carbons (Fsp3) is 0.500. The number of ketones is 1. The minimum absolute atomic E-state index is 0.193. The van der Waals surface area contributed by atoms with Gasteiger partial charge in [0.1, 0.15) is 5.78 Å². The van der Waals surface area contributed by atoms with Crippen LogP contribution >= 0.6 is 0 Å². The number of nitrogens with one attached hydrogen (secondary N) is 1. The summed E-state index contributed by atoms with van der Waals surface area (Å²) in [5.74, 6) is 0.193. The van der Waals surface area contributed by atoms with Crippen LogP contribution in [0.5, 0.6) is 0 Å². The van der Waals surface area contributed by atoms with Crippen molar-refractivity contribution < 1.29 is 4.79 Å². The number of hydrogen-bond donors (Lipinski definition) is 1. The van der Waals surface area contributed by atoms with Crippen LogP contribution in [0, 0.1) is 0 Å². The highest BCUT2D eigenvalue weighted by Crippen LogP contribution is 2.22. The molecule has 0 atom stereocenters. The monoisotopic (exact) mass is 217 g/mol. The van der Waals surface area contributed by atoms with Gasteiger partial charge >= 0.3 is 0 Å². The van der Waals surface area contributed by atoms with Crippen molar-refractivity contribution >= 4 is 5.78 Å². The van der Waals surface area contributed by atoms with Gasteiger partial charge in [0, 0.05) is 6.54 Å². The van der Waals surface area contributed by atoms with Crippen LogP contribution in [0.1, 0.15) is 36.5 Å². The molecule has 2 heteroatoms. The first-order valence-electron chi connectivity index (χ1n) is 6.06. The van der Waals surface area contributed by atoms with E-state index in [1.807, 2.05) is 0 Å². The van der Waals surface area contributed by atoms with Crippen molar-refractivity contribution in [1.82, 2.24) is 5.32 Å². The molecule has 0 saturated carbocycles. The molecule has 0 aliphatic heterocycles. The minimum atomic E-state index is 0.193. The van der Waals surface area contributed by atoms with Gasteiger partial charge in [-0.3, -0.25) is 4.79 Å². The molecule has 1 aliphatic rings. The number of hydrogen-bond acceptors (Lipinski definition) is 2. The van der Waals surface area contributed by atoms with E-state index in [9.17, 15) is 4.79 Å². The zero-order valence-corrected chi connectivity index (χ0v) is 9.88. The van der Waals surface area contributed by atoms with E-state index < -0.39 is 0 Å². The number of Topliss-reactive ketones (excluding diaryl/α,β-unsaturated/α-hetero) is 1. The predicted octanol–water partition coefficient (Wildman–Crippen LogP) is 2.24. The average Bonchev–Trinajstić information content (AvgIpc) is 2.28. The normalized spacial score (nSPS) is 14.6. The van der Waals surface area contributed by atoms with Gasteiger partial charge in [0.05, 0.1) is 6.54 Å². The van der Waals surface area contributed by atoms with Gasteiger partial charge in [-0.05, 0) is 49.3 Å². The Morgan fingerprint density at radius 2 is 2.00 bits per heavy atom. The Morgan fingerprint density at radius 1 is 1.25 bits per heavy atom. The van der Waals surface area contributed by atoms with Gasteiger partial charge in [-0.15, -0.1) is 0 Å². The predicted molar refractivity (Wildman–Crippen MR) is 65.5 cm³/mol. The van der Waals surface area contributed by atoms with Crippen LogP contribution in [0.4, 0.5) is 0 Å². The maximum atomic E-state index is 10.8. The summed E-state index contributed by atoms with van der Waals surface area (Å²) in [4.78, 5) is 10.8. The van der Waals surface area contributed by atoms with Gasteiger partial charge in [0.15, 0.2) is 0 Å². The molecule has 0 saturated heterocycles. The van der Waals surface area contributed by atoms with Gasteiger partial charge in [0.25, 0.3) is 0 Å². The molecule has 16 heavy (non-hydrogen) atoms. The number of carbonyl (C=O) groups is 1. The molecule has 1 aromatic carbocycles. The van der Waals surface area contributed by atoms with Crippen LogP contribution in [-0.2, 0) is 24.2 Å². The lowest BCUT2D eigenvalue weighted by Crippen LogP contribution is -2.20. The summed E-state index contributed by atoms with van der Waals surface area (Å²) in [6.07, 6.45) is 5.10. The minimum Gasteiger partial charge on any atom is -0.306 e. The van der Waals surface area contributed by atoms with Crippen LogP contribution in [-0.4, -0.2) is 12.3 Å². The Morgan fingerprint density at radius 3 is 2.75 bits per heavy atom. The summed E-state index contributed by atoms with van der Waals surface area (Å²) in [7, 11) is 0. The standard InChI is InChI=1S/C14H19NO/c1-11(16)9-15-10-12-6-7-13-4-2-3-5-14(13)8-12/h6-8,15H,2-5,9-10H2,1H3. The third-order valence-corrected chi connectivity index (χ3v) is 3.12. The van der Waals surface area contributed by atoms with Crippen LogP contribution < -0.4 is 5.32 Å². The summed E-state index contributed by atoms with van der Waals surface area (Å²) in [5, 5.41) is 3.16. The molecule has 1 N–H and O–H groups in total. The Hall–Kier alpha value is -1.15. The third kappa shape index (κ3) is 2.92. The largest absolute Gasteiger partial charge is 0.306 e. The van der Waals surface area contributed by atoms with Gasteiger partial charge in [-0.2, -0.15) is 0 Å². The van der Waals surface area contributed by atoms with Crippen molar-refractivity contribution in [2.45, 2.75) is 39.2 Å². The maximum Gasteiger partial charge on any atom is 0.143 e. The Balaban J connectivity index is 1.97. The van der Waals surface area contributed by atoms with E-state index in [1.54, 1.807) is 6.92 Å². The molecule has 0 amide bonds. The SMILES string of the molecule is CC(=O)CNCc1ccc2c(c1)CCCC2. The topological polar surface area (TPSA) is 29.1 Å². The summed E-state index contributed by atoms with van der Waals surface area (Å²) in [6.45, 7) is 2.88. The lowest BCUT2D eigenvalue weighted by atomic mass is 9.90. The zero-order chi connectivity index (χ0) is 11.4. The van der Waals surface area contributed by atoms with Crippen molar-refractivity contribution in [2.75, 3.05) is 6.54 Å². The molecule has 2 rings (SSSR count). The van der Waals surface area contributed by atoms with Crippen molar-refractivity contribution in [3.8, 4) is 0 Å². The first-order chi connectivity index (χ1) is 7.75. The molecule has 1 aromatic rings. The molecule has 0 aromatic heterocycles. The highest BCUT2D eigenvalue weighted by atomic mass is 16.1.